The highest BCUT2D eigenvalue weighted by Crippen LogP contribution is 2.33. The molecule has 6 nitrogen and oxygen atoms in total. The topological polar surface area (TPSA) is 81.8 Å². The predicted molar refractivity (Wildman–Crippen MR) is 117 cm³/mol. The highest BCUT2D eigenvalue weighted by molar-refractivity contribution is 7.98. The molecule has 1 fully saturated rings. The summed E-state index contributed by atoms with van der Waals surface area (Å²) in [6.07, 6.45) is 6.72. The number of piperidine rings is 1. The fraction of sp³-hybridized carbons (Fsp3) is 0.409. The van der Waals surface area contributed by atoms with Crippen LogP contribution in [0.1, 0.15) is 42.0 Å². The number of carbonyl (C=O) groups is 1. The zero-order chi connectivity index (χ0) is 20.4. The Morgan fingerprint density at radius 3 is 2.76 bits per heavy atom. The number of carbonyl (C=O) groups excluding carboxylic acids is 1. The van der Waals surface area contributed by atoms with Crippen molar-refractivity contribution in [2.24, 2.45) is 0 Å². The fourth-order valence-corrected chi connectivity index (χ4v) is 4.66. The minimum atomic E-state index is -0.132. The molecular formula is C22H26N4O2S. The van der Waals surface area contributed by atoms with E-state index in [1.807, 2.05) is 24.1 Å². The van der Waals surface area contributed by atoms with E-state index in [1.165, 1.54) is 28.2 Å². The lowest BCUT2D eigenvalue weighted by molar-refractivity contribution is -0.132. The van der Waals surface area contributed by atoms with Crippen LogP contribution in [-0.4, -0.2) is 45.1 Å². The number of hydrogen-bond acceptors (Lipinski definition) is 4. The predicted octanol–water partition coefficient (Wildman–Crippen LogP) is 3.62. The van der Waals surface area contributed by atoms with Gasteiger partial charge in [-0.2, -0.15) is 0 Å². The molecule has 0 spiro atoms. The number of amides is 1. The van der Waals surface area contributed by atoms with Crippen LogP contribution < -0.4 is 5.56 Å². The molecule has 2 aromatic heterocycles. The number of nitrogens with one attached hydrogen (secondary N) is 2. The Morgan fingerprint density at radius 2 is 2.03 bits per heavy atom. The van der Waals surface area contributed by atoms with E-state index in [0.29, 0.717) is 35.2 Å². The van der Waals surface area contributed by atoms with E-state index in [4.69, 9.17) is 0 Å². The Kier molecular flexibility index (Phi) is 5.76. The van der Waals surface area contributed by atoms with Crippen molar-refractivity contribution >= 4 is 28.6 Å². The lowest BCUT2D eigenvalue weighted by Crippen LogP contribution is -2.38. The number of likely N-dealkylation sites (tertiary alicyclic amines) is 1. The molecule has 2 N–H and O–H groups in total. The zero-order valence-electron chi connectivity index (χ0n) is 16.8. The monoisotopic (exact) mass is 410 g/mol. The van der Waals surface area contributed by atoms with E-state index in [0.717, 1.165) is 25.9 Å². The molecule has 3 heterocycles. The minimum Gasteiger partial charge on any atom is -0.361 e. The van der Waals surface area contributed by atoms with Gasteiger partial charge in [-0.25, -0.2) is 4.98 Å². The smallest absolute Gasteiger partial charge is 0.254 e. The minimum absolute atomic E-state index is 0.120. The second-order valence-electron chi connectivity index (χ2n) is 7.58. The van der Waals surface area contributed by atoms with Gasteiger partial charge in [0.25, 0.3) is 5.56 Å². The fourth-order valence-electron chi connectivity index (χ4n) is 4.24. The van der Waals surface area contributed by atoms with Crippen LogP contribution >= 0.6 is 11.8 Å². The summed E-state index contributed by atoms with van der Waals surface area (Å²) in [5.74, 6) is 0.596. The van der Waals surface area contributed by atoms with Gasteiger partial charge in [-0.05, 0) is 50.0 Å². The molecule has 1 aromatic carbocycles. The molecule has 1 aliphatic heterocycles. The van der Waals surface area contributed by atoms with Crippen molar-refractivity contribution in [2.45, 2.75) is 43.7 Å². The van der Waals surface area contributed by atoms with Crippen LogP contribution in [-0.2, 0) is 11.2 Å². The summed E-state index contributed by atoms with van der Waals surface area (Å²) in [6, 6.07) is 8.38. The van der Waals surface area contributed by atoms with E-state index in [1.54, 1.807) is 0 Å². The third-order valence-corrected chi connectivity index (χ3v) is 6.47. The Morgan fingerprint density at radius 1 is 1.28 bits per heavy atom. The maximum Gasteiger partial charge on any atom is 0.254 e. The molecule has 29 heavy (non-hydrogen) atoms. The van der Waals surface area contributed by atoms with Gasteiger partial charge in [0.1, 0.15) is 0 Å². The van der Waals surface area contributed by atoms with Crippen molar-refractivity contribution in [1.82, 2.24) is 19.9 Å². The molecule has 4 rings (SSSR count). The quantitative estimate of drug-likeness (QED) is 0.497. The lowest BCUT2D eigenvalue weighted by atomic mass is 9.89. The number of para-hydroxylation sites is 1. The maximum absolute atomic E-state index is 12.7. The number of aromatic amines is 2. The Balaban J connectivity index is 1.35. The molecule has 1 amide bonds. The van der Waals surface area contributed by atoms with Crippen molar-refractivity contribution < 1.29 is 4.79 Å². The number of thioether (sulfide) groups is 1. The highest BCUT2D eigenvalue weighted by Gasteiger charge is 2.25. The molecule has 0 radical (unpaired) electrons. The standard InChI is InChI=1S/C22H26N4O2S/c1-14-16(21(28)25-22(24-14)29-2)7-8-20(27)26-11-9-15(10-12-26)18-13-23-19-6-4-3-5-17(18)19/h3-6,13,15,23H,7-12H2,1-2H3,(H,24,25,28). The first kappa shape index (κ1) is 19.8. The van der Waals surface area contributed by atoms with Crippen LogP contribution in [0.25, 0.3) is 10.9 Å². The largest absolute Gasteiger partial charge is 0.361 e. The van der Waals surface area contributed by atoms with Gasteiger partial charge in [-0.15, -0.1) is 0 Å². The summed E-state index contributed by atoms with van der Waals surface area (Å²) in [6.45, 7) is 3.37. The Labute approximate surface area is 174 Å². The van der Waals surface area contributed by atoms with E-state index in [-0.39, 0.29) is 11.5 Å². The zero-order valence-corrected chi connectivity index (χ0v) is 17.6. The Bertz CT molecular complexity index is 1080. The average molecular weight is 411 g/mol. The van der Waals surface area contributed by atoms with Crippen LogP contribution in [0.2, 0.25) is 0 Å². The number of H-pyrrole nitrogens is 2. The van der Waals surface area contributed by atoms with E-state index >= 15 is 0 Å². The molecule has 0 aliphatic carbocycles. The molecular weight excluding hydrogens is 384 g/mol. The van der Waals surface area contributed by atoms with Crippen LogP contribution in [0.5, 0.6) is 0 Å². The number of aryl methyl sites for hydroxylation is 1. The van der Waals surface area contributed by atoms with Gasteiger partial charge in [-0.1, -0.05) is 30.0 Å². The van der Waals surface area contributed by atoms with Crippen LogP contribution in [0, 0.1) is 6.92 Å². The normalized spacial score (nSPS) is 15.2. The van der Waals surface area contributed by atoms with Crippen molar-refractivity contribution in [1.29, 1.82) is 0 Å². The maximum atomic E-state index is 12.7. The highest BCUT2D eigenvalue weighted by atomic mass is 32.2. The van der Waals surface area contributed by atoms with Crippen LogP contribution in [0.3, 0.4) is 0 Å². The molecule has 0 unspecified atom stereocenters. The number of hydrogen-bond donors (Lipinski definition) is 2. The van der Waals surface area contributed by atoms with Crippen LogP contribution in [0.15, 0.2) is 40.4 Å². The van der Waals surface area contributed by atoms with Gasteiger partial charge in [0.2, 0.25) is 5.91 Å². The summed E-state index contributed by atoms with van der Waals surface area (Å²) < 4.78 is 0. The summed E-state index contributed by atoms with van der Waals surface area (Å²) in [5.41, 5.74) is 3.72. The summed E-state index contributed by atoms with van der Waals surface area (Å²) in [4.78, 5) is 37.4. The molecule has 1 aliphatic rings. The molecule has 1 saturated heterocycles. The first-order valence-corrected chi connectivity index (χ1v) is 11.3. The van der Waals surface area contributed by atoms with Gasteiger partial charge in [0.05, 0.1) is 0 Å². The molecule has 7 heteroatoms. The number of fused-ring (bicyclic) bond motifs is 1. The molecule has 3 aromatic rings. The van der Waals surface area contributed by atoms with E-state index < -0.39 is 0 Å². The second-order valence-corrected chi connectivity index (χ2v) is 8.38. The molecule has 0 bridgehead atoms. The lowest BCUT2D eigenvalue weighted by Gasteiger charge is -2.32. The molecule has 152 valence electrons. The van der Waals surface area contributed by atoms with Crippen LogP contribution in [0.4, 0.5) is 0 Å². The summed E-state index contributed by atoms with van der Waals surface area (Å²) in [7, 11) is 0. The first-order chi connectivity index (χ1) is 14.1. The van der Waals surface area contributed by atoms with Gasteiger partial charge in [-0.3, -0.25) is 9.59 Å². The third-order valence-electron chi connectivity index (χ3n) is 5.89. The van der Waals surface area contributed by atoms with Crippen molar-refractivity contribution in [2.75, 3.05) is 19.3 Å². The third kappa shape index (κ3) is 4.10. The van der Waals surface area contributed by atoms with E-state index in [9.17, 15) is 9.59 Å². The second kappa shape index (κ2) is 8.45. The van der Waals surface area contributed by atoms with E-state index in [2.05, 4.69) is 39.3 Å². The molecule has 0 saturated carbocycles. The Hall–Kier alpha value is -2.54. The number of aromatic nitrogens is 3. The number of rotatable bonds is 5. The first-order valence-electron chi connectivity index (χ1n) is 10.0. The van der Waals surface area contributed by atoms with Crippen molar-refractivity contribution in [3.63, 3.8) is 0 Å². The van der Waals surface area contributed by atoms with Gasteiger partial charge < -0.3 is 14.9 Å². The van der Waals surface area contributed by atoms with Crippen molar-refractivity contribution in [3.05, 3.63) is 57.6 Å². The average Bonchev–Trinajstić information content (AvgIpc) is 3.17. The molecule has 0 atom stereocenters. The number of nitrogens with zero attached hydrogens (tertiary/aromatic N) is 2. The van der Waals surface area contributed by atoms with Gasteiger partial charge >= 0.3 is 0 Å². The summed E-state index contributed by atoms with van der Waals surface area (Å²) >= 11 is 1.41. The van der Waals surface area contributed by atoms with Gasteiger partial charge in [0.15, 0.2) is 5.16 Å². The van der Waals surface area contributed by atoms with Crippen molar-refractivity contribution in [3.8, 4) is 0 Å². The SMILES string of the molecule is CSc1nc(C)c(CCC(=O)N2CCC(c3c[nH]c4ccccc34)CC2)c(=O)[nH]1. The summed E-state index contributed by atoms with van der Waals surface area (Å²) in [5, 5.41) is 1.90. The number of benzene rings is 1. The van der Waals surface area contributed by atoms with Gasteiger partial charge in [0, 0.05) is 47.9 Å².